The van der Waals surface area contributed by atoms with Gasteiger partial charge < -0.3 is 0 Å². The van der Waals surface area contributed by atoms with Crippen molar-refractivity contribution in [1.29, 1.82) is 0 Å². The van der Waals surface area contributed by atoms with E-state index in [0.29, 0.717) is 0 Å². The largest absolute Gasteiger partial charge is 2.00 e. The van der Waals surface area contributed by atoms with Gasteiger partial charge in [-0.3, -0.25) is 0 Å². The Hall–Kier alpha value is -2.33. The van der Waals surface area contributed by atoms with E-state index in [4.69, 9.17) is 0 Å². The molecule has 34 heavy (non-hydrogen) atoms. The maximum Gasteiger partial charge on any atom is 2.00 e. The van der Waals surface area contributed by atoms with Gasteiger partial charge in [-0.15, -0.1) is 68.8 Å². The average Bonchev–Trinajstić information content (AvgIpc) is 3.47. The first-order valence-electron chi connectivity index (χ1n) is 11.4. The van der Waals surface area contributed by atoms with Gasteiger partial charge in [0, 0.05) is 0 Å². The van der Waals surface area contributed by atoms with Crippen molar-refractivity contribution in [3.63, 3.8) is 0 Å². The van der Waals surface area contributed by atoms with E-state index in [9.17, 15) is 0 Å². The van der Waals surface area contributed by atoms with Crippen molar-refractivity contribution in [3.8, 4) is 0 Å². The van der Waals surface area contributed by atoms with E-state index >= 15 is 0 Å². The van der Waals surface area contributed by atoms with Crippen LogP contribution in [-0.2, 0) is 26.2 Å². The van der Waals surface area contributed by atoms with Gasteiger partial charge in [0.25, 0.3) is 0 Å². The molecular formula is C32H33PZr. The average molecular weight is 540 g/mol. The van der Waals surface area contributed by atoms with Crippen LogP contribution < -0.4 is 10.6 Å². The van der Waals surface area contributed by atoms with E-state index in [2.05, 4.69) is 118 Å². The van der Waals surface area contributed by atoms with Crippen LogP contribution in [0.1, 0.15) is 23.6 Å². The van der Waals surface area contributed by atoms with Crippen LogP contribution in [0.15, 0.2) is 116 Å². The number of hydrogen-bond acceptors (Lipinski definition) is 0. The minimum atomic E-state index is 0. The quantitative estimate of drug-likeness (QED) is 0.123. The zero-order valence-corrected chi connectivity index (χ0v) is 24.1. The van der Waals surface area contributed by atoms with Crippen molar-refractivity contribution in [2.45, 2.75) is 27.7 Å². The molecule has 0 aromatic heterocycles. The zero-order valence-electron chi connectivity index (χ0n) is 20.6. The molecule has 5 aromatic rings. The maximum atomic E-state index is 3.46. The summed E-state index contributed by atoms with van der Waals surface area (Å²) in [5.41, 5.74) is 4.13. The number of fused-ring (bicyclic) bond motifs is 2. The molecule has 0 spiro atoms. The van der Waals surface area contributed by atoms with Gasteiger partial charge in [0.15, 0.2) is 0 Å². The maximum absolute atomic E-state index is 3.46. The second kappa shape index (κ2) is 14.2. The molecule has 0 heterocycles. The van der Waals surface area contributed by atoms with Gasteiger partial charge in [-0.25, -0.2) is 0 Å². The minimum absolute atomic E-state index is 0. The third-order valence-corrected chi connectivity index (χ3v) is 7.03. The van der Waals surface area contributed by atoms with Crippen molar-refractivity contribution in [3.05, 3.63) is 132 Å². The Labute approximate surface area is 226 Å². The monoisotopic (exact) mass is 538 g/mol. The van der Waals surface area contributed by atoms with Crippen LogP contribution in [0.2, 0.25) is 0 Å². The fourth-order valence-electron chi connectivity index (χ4n) is 3.76. The Morgan fingerprint density at radius 2 is 1.53 bits per heavy atom. The standard InChI is InChI=1S/C16H14P.C11H11.C5H8.Zr/c1-12-6-2-5-9-16(12)17-15-10-13-7-3-4-8-14(13)11-15;1-8-6-7-9(2)11-5-3-4-10(8)11;1-3-5-4-2;/h2-11,17H,1H3;3-7H,1-2H3;3-5H,1H2,2H3;/q2*-1;;+2. The molecule has 0 aliphatic rings. The molecule has 0 saturated carbocycles. The van der Waals surface area contributed by atoms with Gasteiger partial charge in [-0.2, -0.15) is 18.2 Å². The third kappa shape index (κ3) is 7.60. The number of hydrogen-bond donors (Lipinski definition) is 0. The van der Waals surface area contributed by atoms with E-state index in [-0.39, 0.29) is 26.2 Å². The first-order chi connectivity index (χ1) is 16.0. The second-order valence-electron chi connectivity index (χ2n) is 8.13. The third-order valence-electron chi connectivity index (χ3n) is 5.62. The molecule has 0 radical (unpaired) electrons. The molecule has 2 heteroatoms. The smallest absolute Gasteiger partial charge is 0.168 e. The topological polar surface area (TPSA) is 0 Å². The van der Waals surface area contributed by atoms with E-state index in [1.54, 1.807) is 6.08 Å². The van der Waals surface area contributed by atoms with Crippen molar-refractivity contribution in [2.24, 2.45) is 0 Å². The summed E-state index contributed by atoms with van der Waals surface area (Å²) in [6, 6.07) is 32.6. The summed E-state index contributed by atoms with van der Waals surface area (Å²) >= 11 is 0. The first kappa shape index (κ1) is 27.9. The SMILES string of the molecule is C=CC=CC.Cc1ccc(C)c2[cH-]ccc12.Cc1ccccc1Pc1cc2ccccc2[cH-]1.[Zr+2]. The fraction of sp³-hybridized carbons (Fsp3) is 0.125. The van der Waals surface area contributed by atoms with Crippen molar-refractivity contribution >= 4 is 40.7 Å². The molecule has 1 unspecified atom stereocenters. The number of aryl methyl sites for hydroxylation is 3. The molecule has 170 valence electrons. The summed E-state index contributed by atoms with van der Waals surface area (Å²) in [7, 11) is 0.759. The van der Waals surface area contributed by atoms with Gasteiger partial charge in [0.2, 0.25) is 0 Å². The van der Waals surface area contributed by atoms with Crippen LogP contribution in [0.25, 0.3) is 21.5 Å². The van der Waals surface area contributed by atoms with Gasteiger partial charge >= 0.3 is 26.2 Å². The molecule has 0 aliphatic carbocycles. The van der Waals surface area contributed by atoms with E-state index in [0.717, 1.165) is 8.58 Å². The molecule has 0 N–H and O–H groups in total. The summed E-state index contributed by atoms with van der Waals surface area (Å²) in [4.78, 5) is 0. The van der Waals surface area contributed by atoms with Crippen molar-refractivity contribution in [2.75, 3.05) is 0 Å². The molecule has 1 atom stereocenters. The molecular weight excluding hydrogens is 507 g/mol. The molecule has 0 amide bonds. The first-order valence-corrected chi connectivity index (χ1v) is 12.4. The van der Waals surface area contributed by atoms with Gasteiger partial charge in [0.1, 0.15) is 0 Å². The number of allylic oxidation sites excluding steroid dienone is 3. The summed E-state index contributed by atoms with van der Waals surface area (Å²) in [6.07, 6.45) is 5.58. The van der Waals surface area contributed by atoms with E-state index in [1.807, 2.05) is 19.1 Å². The Morgan fingerprint density at radius 3 is 2.18 bits per heavy atom. The van der Waals surface area contributed by atoms with Crippen LogP contribution in [0, 0.1) is 20.8 Å². The Kier molecular flexibility index (Phi) is 11.6. The Morgan fingerprint density at radius 1 is 0.824 bits per heavy atom. The van der Waals surface area contributed by atoms with Crippen molar-refractivity contribution in [1.82, 2.24) is 0 Å². The summed E-state index contributed by atoms with van der Waals surface area (Å²) in [5, 5.41) is 8.37. The Balaban J connectivity index is 0.000000207. The predicted octanol–water partition coefficient (Wildman–Crippen LogP) is 8.42. The van der Waals surface area contributed by atoms with E-state index in [1.165, 1.54) is 48.8 Å². The summed E-state index contributed by atoms with van der Waals surface area (Å²) < 4.78 is 0. The molecule has 0 aliphatic heterocycles. The zero-order chi connectivity index (χ0) is 23.6. The van der Waals surface area contributed by atoms with Gasteiger partial charge in [-0.1, -0.05) is 82.3 Å². The van der Waals surface area contributed by atoms with Crippen LogP contribution in [0.4, 0.5) is 0 Å². The van der Waals surface area contributed by atoms with Crippen molar-refractivity contribution < 1.29 is 26.2 Å². The second-order valence-corrected chi connectivity index (χ2v) is 9.49. The van der Waals surface area contributed by atoms with Crippen LogP contribution in [0.3, 0.4) is 0 Å². The summed E-state index contributed by atoms with van der Waals surface area (Å²) in [6.45, 7) is 11.9. The Bertz CT molecular complexity index is 1280. The van der Waals surface area contributed by atoms with Crippen LogP contribution >= 0.6 is 8.58 Å². The number of rotatable bonds is 3. The molecule has 0 fully saturated rings. The van der Waals surface area contributed by atoms with Crippen LogP contribution in [0.5, 0.6) is 0 Å². The molecule has 5 rings (SSSR count). The normalized spacial score (nSPS) is 10.6. The molecule has 0 nitrogen and oxygen atoms in total. The predicted molar refractivity (Wildman–Crippen MR) is 152 cm³/mol. The molecule has 5 aromatic carbocycles. The van der Waals surface area contributed by atoms with Crippen LogP contribution in [-0.4, -0.2) is 0 Å². The number of benzene rings is 3. The fourth-order valence-corrected chi connectivity index (χ4v) is 4.99. The minimum Gasteiger partial charge on any atom is -0.168 e. The molecule has 0 saturated heterocycles. The molecule has 0 bridgehead atoms. The van der Waals surface area contributed by atoms with E-state index < -0.39 is 0 Å². The van der Waals surface area contributed by atoms with Gasteiger partial charge in [0.05, 0.1) is 0 Å². The summed E-state index contributed by atoms with van der Waals surface area (Å²) in [5.74, 6) is 0. The van der Waals surface area contributed by atoms with Gasteiger partial charge in [-0.05, 0) is 31.6 Å².